The number of guanidine groups is 1. The van der Waals surface area contributed by atoms with Crippen LogP contribution in [0.3, 0.4) is 0 Å². The predicted octanol–water partition coefficient (Wildman–Crippen LogP) is 3.69. The second kappa shape index (κ2) is 10.3. The number of nitrogens with one attached hydrogen (secondary N) is 2. The molecular weight excluding hydrogens is 479 g/mol. The molecule has 4 rings (SSSR count). The van der Waals surface area contributed by atoms with Crippen molar-refractivity contribution < 1.29 is 4.74 Å². The molecule has 0 amide bonds. The number of hydrogen-bond donors (Lipinski definition) is 2. The van der Waals surface area contributed by atoms with Crippen LogP contribution in [0.4, 0.5) is 0 Å². The summed E-state index contributed by atoms with van der Waals surface area (Å²) in [6.07, 6.45) is 5.51. The molecule has 2 atom stereocenters. The number of rotatable bonds is 5. The second-order valence-corrected chi connectivity index (χ2v) is 7.71. The molecule has 158 valence electrons. The Morgan fingerprint density at radius 1 is 1.21 bits per heavy atom. The summed E-state index contributed by atoms with van der Waals surface area (Å²) in [4.78, 5) is 11.9. The van der Waals surface area contributed by atoms with Gasteiger partial charge >= 0.3 is 0 Å². The topological polar surface area (TPSA) is 78.4 Å². The molecule has 1 aliphatic carbocycles. The summed E-state index contributed by atoms with van der Waals surface area (Å²) in [7, 11) is 1.66. The summed E-state index contributed by atoms with van der Waals surface area (Å²) >= 11 is 0. The Labute approximate surface area is 189 Å². The van der Waals surface area contributed by atoms with Gasteiger partial charge in [-0.3, -0.25) is 5.10 Å². The fraction of sp³-hybridized carbons (Fsp3) is 0.571. The Balaban J connectivity index is 0.00000240. The van der Waals surface area contributed by atoms with Crippen molar-refractivity contribution >= 4 is 29.9 Å². The van der Waals surface area contributed by atoms with E-state index in [0.717, 1.165) is 54.6 Å². The molecule has 1 saturated carbocycles. The molecule has 0 radical (unpaired) electrons. The van der Waals surface area contributed by atoms with Gasteiger partial charge in [0, 0.05) is 25.2 Å². The Morgan fingerprint density at radius 2 is 1.90 bits per heavy atom. The number of ether oxygens (including phenoxy) is 1. The van der Waals surface area contributed by atoms with Crippen molar-refractivity contribution in [3.63, 3.8) is 0 Å². The van der Waals surface area contributed by atoms with Crippen molar-refractivity contribution in [2.24, 2.45) is 16.8 Å². The first-order chi connectivity index (χ1) is 13.8. The highest BCUT2D eigenvalue weighted by atomic mass is 127. The molecule has 1 aromatic heterocycles. The first kappa shape index (κ1) is 21.9. The van der Waals surface area contributed by atoms with Crippen LogP contribution in [0.15, 0.2) is 29.3 Å². The van der Waals surface area contributed by atoms with Crippen molar-refractivity contribution in [3.8, 4) is 17.1 Å². The minimum absolute atomic E-state index is 0. The summed E-state index contributed by atoms with van der Waals surface area (Å²) in [6, 6.07) is 7.76. The second-order valence-electron chi connectivity index (χ2n) is 7.71. The highest BCUT2D eigenvalue weighted by molar-refractivity contribution is 14.0. The van der Waals surface area contributed by atoms with Crippen LogP contribution in [0.2, 0.25) is 0 Å². The van der Waals surface area contributed by atoms with E-state index < -0.39 is 0 Å². The number of aliphatic imine (C=N–C) groups is 1. The number of aromatic amines is 1. The quantitative estimate of drug-likeness (QED) is 0.365. The van der Waals surface area contributed by atoms with Gasteiger partial charge in [0.2, 0.25) is 0 Å². The lowest BCUT2D eigenvalue weighted by molar-refractivity contribution is 0.299. The van der Waals surface area contributed by atoms with Gasteiger partial charge in [-0.15, -0.1) is 24.0 Å². The minimum atomic E-state index is 0. The number of methoxy groups -OCH3 is 1. The lowest BCUT2D eigenvalue weighted by Gasteiger charge is -2.22. The standard InChI is InChI=1S/C21H30N6O.HI/c1-3-22-21(27-13-16-6-4-5-7-17(16)14-27)23-12-19-24-20(26-25-19)15-8-10-18(28-2)11-9-15;/h8-11,16-17H,3-7,12-14H2,1-2H3,(H,22,23)(H,24,25,26);1H. The van der Waals surface area contributed by atoms with E-state index in [9.17, 15) is 0 Å². The highest BCUT2D eigenvalue weighted by Crippen LogP contribution is 2.36. The molecule has 2 aliphatic rings. The third-order valence-electron chi connectivity index (χ3n) is 5.87. The Hall–Kier alpha value is -1.84. The summed E-state index contributed by atoms with van der Waals surface area (Å²) in [5.41, 5.74) is 0.961. The summed E-state index contributed by atoms with van der Waals surface area (Å²) in [6.45, 7) is 5.75. The average molecular weight is 510 g/mol. The first-order valence-electron chi connectivity index (χ1n) is 10.4. The number of likely N-dealkylation sites (tertiary alicyclic amines) is 1. The van der Waals surface area contributed by atoms with Gasteiger partial charge in [-0.2, -0.15) is 5.10 Å². The Kier molecular flexibility index (Phi) is 7.74. The zero-order valence-corrected chi connectivity index (χ0v) is 19.6. The Morgan fingerprint density at radius 3 is 2.52 bits per heavy atom. The molecule has 1 saturated heterocycles. The summed E-state index contributed by atoms with van der Waals surface area (Å²) < 4.78 is 5.20. The molecule has 1 aromatic carbocycles. The van der Waals surface area contributed by atoms with Crippen LogP contribution in [0.5, 0.6) is 5.75 Å². The monoisotopic (exact) mass is 510 g/mol. The van der Waals surface area contributed by atoms with E-state index in [1.54, 1.807) is 7.11 Å². The third-order valence-corrected chi connectivity index (χ3v) is 5.87. The van der Waals surface area contributed by atoms with Gasteiger partial charge in [0.05, 0.1) is 7.11 Å². The maximum Gasteiger partial charge on any atom is 0.194 e. The number of benzene rings is 1. The maximum absolute atomic E-state index is 5.20. The van der Waals surface area contributed by atoms with E-state index >= 15 is 0 Å². The van der Waals surface area contributed by atoms with Crippen molar-refractivity contribution in [2.45, 2.75) is 39.2 Å². The molecule has 1 aliphatic heterocycles. The van der Waals surface area contributed by atoms with Crippen molar-refractivity contribution in [2.75, 3.05) is 26.7 Å². The number of nitrogens with zero attached hydrogens (tertiary/aromatic N) is 4. The molecule has 8 heteroatoms. The first-order valence-corrected chi connectivity index (χ1v) is 10.4. The molecule has 2 N–H and O–H groups in total. The molecule has 7 nitrogen and oxygen atoms in total. The molecule has 0 bridgehead atoms. The fourth-order valence-corrected chi connectivity index (χ4v) is 4.39. The summed E-state index contributed by atoms with van der Waals surface area (Å²) in [5, 5.41) is 10.8. The van der Waals surface area contributed by atoms with Crippen LogP contribution in [0.25, 0.3) is 11.4 Å². The molecule has 2 fully saturated rings. The van der Waals surface area contributed by atoms with E-state index in [1.807, 2.05) is 24.3 Å². The molecule has 2 aromatic rings. The van der Waals surface area contributed by atoms with Gasteiger partial charge in [0.1, 0.15) is 18.1 Å². The van der Waals surface area contributed by atoms with E-state index in [2.05, 4.69) is 32.3 Å². The van der Waals surface area contributed by atoms with Gasteiger partial charge in [-0.25, -0.2) is 9.98 Å². The molecule has 2 heterocycles. The van der Waals surface area contributed by atoms with Gasteiger partial charge in [0.25, 0.3) is 0 Å². The number of fused-ring (bicyclic) bond motifs is 1. The lowest BCUT2D eigenvalue weighted by atomic mass is 9.82. The zero-order chi connectivity index (χ0) is 19.3. The number of aromatic nitrogens is 3. The number of hydrogen-bond acceptors (Lipinski definition) is 4. The molecule has 2 unspecified atom stereocenters. The van der Waals surface area contributed by atoms with Gasteiger partial charge in [-0.1, -0.05) is 12.8 Å². The van der Waals surface area contributed by atoms with Gasteiger partial charge in [0.15, 0.2) is 11.8 Å². The summed E-state index contributed by atoms with van der Waals surface area (Å²) in [5.74, 6) is 4.96. The number of H-pyrrole nitrogens is 1. The normalized spacial score (nSPS) is 21.4. The lowest BCUT2D eigenvalue weighted by Crippen LogP contribution is -2.40. The molecule has 0 spiro atoms. The maximum atomic E-state index is 5.20. The Bertz CT molecular complexity index is 792. The van der Waals surface area contributed by atoms with E-state index in [1.165, 1.54) is 25.7 Å². The molecule has 29 heavy (non-hydrogen) atoms. The van der Waals surface area contributed by atoms with Gasteiger partial charge < -0.3 is 15.0 Å². The van der Waals surface area contributed by atoms with Crippen LogP contribution < -0.4 is 10.1 Å². The van der Waals surface area contributed by atoms with Gasteiger partial charge in [-0.05, 0) is 55.9 Å². The van der Waals surface area contributed by atoms with Crippen molar-refractivity contribution in [1.82, 2.24) is 25.4 Å². The minimum Gasteiger partial charge on any atom is -0.497 e. The van der Waals surface area contributed by atoms with Crippen LogP contribution >= 0.6 is 24.0 Å². The zero-order valence-electron chi connectivity index (χ0n) is 17.2. The predicted molar refractivity (Wildman–Crippen MR) is 126 cm³/mol. The smallest absolute Gasteiger partial charge is 0.194 e. The van der Waals surface area contributed by atoms with Crippen LogP contribution in [-0.4, -0.2) is 52.8 Å². The van der Waals surface area contributed by atoms with E-state index in [0.29, 0.717) is 12.4 Å². The van der Waals surface area contributed by atoms with E-state index in [4.69, 9.17) is 9.73 Å². The average Bonchev–Trinajstić information content (AvgIpc) is 3.38. The van der Waals surface area contributed by atoms with Crippen molar-refractivity contribution in [3.05, 3.63) is 30.1 Å². The third kappa shape index (κ3) is 5.21. The van der Waals surface area contributed by atoms with E-state index in [-0.39, 0.29) is 24.0 Å². The largest absolute Gasteiger partial charge is 0.497 e. The van der Waals surface area contributed by atoms with Crippen LogP contribution in [0, 0.1) is 11.8 Å². The highest BCUT2D eigenvalue weighted by Gasteiger charge is 2.35. The molecular formula is C21H31IN6O. The number of halogens is 1. The van der Waals surface area contributed by atoms with Crippen LogP contribution in [0.1, 0.15) is 38.4 Å². The SMILES string of the molecule is CCNC(=NCc1nc(-c2ccc(OC)cc2)n[nH]1)N1CC2CCCCC2C1.I. The fourth-order valence-electron chi connectivity index (χ4n) is 4.39. The van der Waals surface area contributed by atoms with Crippen molar-refractivity contribution in [1.29, 1.82) is 0 Å². The van der Waals surface area contributed by atoms with Crippen LogP contribution in [-0.2, 0) is 6.54 Å².